The van der Waals surface area contributed by atoms with E-state index in [-0.39, 0.29) is 18.2 Å². The summed E-state index contributed by atoms with van der Waals surface area (Å²) >= 11 is 1.23. The maximum atomic E-state index is 12.4. The van der Waals surface area contributed by atoms with Gasteiger partial charge >= 0.3 is 6.09 Å². The van der Waals surface area contributed by atoms with Crippen molar-refractivity contribution in [3.05, 3.63) is 35.9 Å². The van der Waals surface area contributed by atoms with Gasteiger partial charge in [0.25, 0.3) is 0 Å². The molecule has 0 spiro atoms. The Labute approximate surface area is 270 Å². The molecule has 44 heavy (non-hydrogen) atoms. The zero-order valence-corrected chi connectivity index (χ0v) is 29.4. The van der Waals surface area contributed by atoms with Crippen molar-refractivity contribution >= 4 is 37.5 Å². The van der Waals surface area contributed by atoms with Gasteiger partial charge in [0.2, 0.25) is 0 Å². The van der Waals surface area contributed by atoms with Crippen molar-refractivity contribution in [3.8, 4) is 0 Å². The van der Waals surface area contributed by atoms with Crippen molar-refractivity contribution in [2.75, 3.05) is 50.1 Å². The summed E-state index contributed by atoms with van der Waals surface area (Å²) in [5.74, 6) is 2.58. The third-order valence-corrected chi connectivity index (χ3v) is 11.5. The van der Waals surface area contributed by atoms with Gasteiger partial charge in [-0.1, -0.05) is 82.1 Å². The fourth-order valence-corrected chi connectivity index (χ4v) is 8.06. The number of carbonyl (C=O) groups is 1. The lowest BCUT2D eigenvalue weighted by Crippen LogP contribution is -2.43. The number of nitrogens with one attached hydrogen (secondary N) is 1. The monoisotopic (exact) mass is 645 g/mol. The maximum absolute atomic E-state index is 12.4. The molecule has 1 aliphatic carbocycles. The molecule has 2 aromatic rings. The van der Waals surface area contributed by atoms with Crippen LogP contribution in [0.15, 0.2) is 30.3 Å². The standard InChI is InChI=1S/C33H55N5O4SSi/c1-25(41-2)24-42-30(27-15-10-7-11-16-27)28-17-12-18-37(22-28)32-31(35-43-36-32)34-29(21-26-13-8-6-9-14-26)23-38(33(39)40)19-20-44(3,4)5/h7,10-11,15-16,25-26,28-30H,6,8-9,12-14,17-24H2,1-5H3,(H,34,35)(H,39,40)/t25-,28?,29?,30?/m0/s1. The number of hydrogen-bond donors (Lipinski definition) is 2. The Morgan fingerprint density at radius 3 is 2.57 bits per heavy atom. The van der Waals surface area contributed by atoms with E-state index in [1.807, 2.05) is 13.0 Å². The fourth-order valence-electron chi connectivity index (χ4n) is 6.59. The van der Waals surface area contributed by atoms with Crippen molar-refractivity contribution in [2.45, 2.75) is 102 Å². The molecule has 11 heteroatoms. The number of aromatic nitrogens is 2. The minimum Gasteiger partial charge on any atom is -0.465 e. The predicted molar refractivity (Wildman–Crippen MR) is 183 cm³/mol. The second kappa shape index (κ2) is 16.9. The summed E-state index contributed by atoms with van der Waals surface area (Å²) < 4.78 is 21.5. The van der Waals surface area contributed by atoms with Crippen LogP contribution in [0.2, 0.25) is 25.7 Å². The van der Waals surface area contributed by atoms with Gasteiger partial charge < -0.3 is 29.7 Å². The first-order valence-corrected chi connectivity index (χ1v) is 21.1. The summed E-state index contributed by atoms with van der Waals surface area (Å²) in [6.45, 7) is 12.3. The highest BCUT2D eigenvalue weighted by Gasteiger charge is 2.33. The number of piperidine rings is 1. The first-order valence-electron chi connectivity index (χ1n) is 16.6. The molecule has 1 aromatic carbocycles. The molecule has 1 saturated heterocycles. The normalized spacial score (nSPS) is 20.2. The summed E-state index contributed by atoms with van der Waals surface area (Å²) in [5.41, 5.74) is 1.19. The van der Waals surface area contributed by atoms with Crippen LogP contribution in [0, 0.1) is 11.8 Å². The quantitative estimate of drug-likeness (QED) is 0.180. The highest BCUT2D eigenvalue weighted by Crippen LogP contribution is 2.37. The predicted octanol–water partition coefficient (Wildman–Crippen LogP) is 7.62. The van der Waals surface area contributed by atoms with Crippen LogP contribution in [0.3, 0.4) is 0 Å². The van der Waals surface area contributed by atoms with Crippen LogP contribution in [0.1, 0.15) is 70.0 Å². The van der Waals surface area contributed by atoms with Gasteiger partial charge in [-0.2, -0.15) is 8.75 Å². The Balaban J connectivity index is 1.50. The van der Waals surface area contributed by atoms with E-state index in [9.17, 15) is 9.90 Å². The Morgan fingerprint density at radius 1 is 1.14 bits per heavy atom. The van der Waals surface area contributed by atoms with E-state index in [2.05, 4.69) is 54.1 Å². The van der Waals surface area contributed by atoms with Gasteiger partial charge in [0.15, 0.2) is 11.6 Å². The number of methoxy groups -OCH3 is 1. The smallest absolute Gasteiger partial charge is 0.407 e. The molecular weight excluding hydrogens is 591 g/mol. The summed E-state index contributed by atoms with van der Waals surface area (Å²) in [4.78, 5) is 16.3. The van der Waals surface area contributed by atoms with Gasteiger partial charge in [-0.25, -0.2) is 4.79 Å². The number of carboxylic acid groups (broad SMARTS) is 1. The lowest BCUT2D eigenvalue weighted by Gasteiger charge is -2.38. The lowest BCUT2D eigenvalue weighted by molar-refractivity contribution is -0.0461. The Kier molecular flexibility index (Phi) is 13.3. The molecule has 2 aliphatic rings. The molecule has 3 unspecified atom stereocenters. The summed E-state index contributed by atoms with van der Waals surface area (Å²) in [6, 6.07) is 11.5. The van der Waals surface area contributed by atoms with Crippen molar-refractivity contribution in [2.24, 2.45) is 11.8 Å². The number of hydrogen-bond acceptors (Lipinski definition) is 8. The lowest BCUT2D eigenvalue weighted by atomic mass is 9.84. The number of anilines is 2. The second-order valence-electron chi connectivity index (χ2n) is 14.1. The van der Waals surface area contributed by atoms with Crippen molar-refractivity contribution in [1.82, 2.24) is 13.6 Å². The number of benzene rings is 1. The number of amides is 1. The second-order valence-corrected chi connectivity index (χ2v) is 20.3. The van der Waals surface area contributed by atoms with Crippen LogP contribution in [-0.4, -0.2) is 85.0 Å². The summed E-state index contributed by atoms with van der Waals surface area (Å²) in [6.07, 6.45) is 8.52. The van der Waals surface area contributed by atoms with Crippen molar-refractivity contribution in [1.29, 1.82) is 0 Å². The van der Waals surface area contributed by atoms with E-state index in [4.69, 9.17) is 18.2 Å². The molecular formula is C33H55N5O4SSi. The molecule has 1 saturated carbocycles. The average Bonchev–Trinajstić information content (AvgIpc) is 3.48. The third-order valence-electron chi connectivity index (χ3n) is 9.22. The number of ether oxygens (including phenoxy) is 2. The molecule has 1 amide bonds. The molecule has 2 fully saturated rings. The van der Waals surface area contributed by atoms with Crippen LogP contribution in [0.4, 0.5) is 16.4 Å². The molecule has 1 aliphatic heterocycles. The van der Waals surface area contributed by atoms with E-state index in [0.717, 1.165) is 50.0 Å². The van der Waals surface area contributed by atoms with Gasteiger partial charge in [-0.15, -0.1) is 0 Å². The summed E-state index contributed by atoms with van der Waals surface area (Å²) in [5, 5.41) is 13.9. The molecule has 0 radical (unpaired) electrons. The first-order chi connectivity index (χ1) is 21.1. The van der Waals surface area contributed by atoms with E-state index >= 15 is 0 Å². The topological polar surface area (TPSA) is 100 Å². The van der Waals surface area contributed by atoms with Gasteiger partial charge in [0.1, 0.15) is 0 Å². The summed E-state index contributed by atoms with van der Waals surface area (Å²) in [7, 11) is 0.344. The van der Waals surface area contributed by atoms with Crippen LogP contribution < -0.4 is 10.2 Å². The van der Waals surface area contributed by atoms with Gasteiger partial charge in [-0.05, 0) is 43.7 Å². The fraction of sp³-hybridized carbons (Fsp3) is 0.727. The number of nitrogens with zero attached hydrogens (tertiary/aromatic N) is 4. The van der Waals surface area contributed by atoms with E-state index in [0.29, 0.717) is 31.5 Å². The van der Waals surface area contributed by atoms with Crippen LogP contribution in [-0.2, 0) is 9.47 Å². The van der Waals surface area contributed by atoms with Gasteiger partial charge in [0, 0.05) is 53.3 Å². The minimum atomic E-state index is -1.38. The maximum Gasteiger partial charge on any atom is 0.407 e. The minimum absolute atomic E-state index is 0.00463. The molecule has 1 aromatic heterocycles. The zero-order valence-electron chi connectivity index (χ0n) is 27.5. The molecule has 0 bridgehead atoms. The highest BCUT2D eigenvalue weighted by atomic mass is 32.1. The molecule has 9 nitrogen and oxygen atoms in total. The van der Waals surface area contributed by atoms with Crippen LogP contribution in [0.25, 0.3) is 0 Å². The number of rotatable bonds is 16. The average molecular weight is 646 g/mol. The molecule has 2 heterocycles. The molecule has 4 rings (SSSR count). The first kappa shape index (κ1) is 34.7. The van der Waals surface area contributed by atoms with Crippen LogP contribution >= 0.6 is 11.7 Å². The molecule has 246 valence electrons. The zero-order chi connectivity index (χ0) is 31.5. The van der Waals surface area contributed by atoms with E-state index in [1.165, 1.54) is 49.4 Å². The van der Waals surface area contributed by atoms with Crippen molar-refractivity contribution < 1.29 is 19.4 Å². The van der Waals surface area contributed by atoms with E-state index in [1.54, 1.807) is 12.0 Å². The molecule has 2 N–H and O–H groups in total. The van der Waals surface area contributed by atoms with Crippen LogP contribution in [0.5, 0.6) is 0 Å². The highest BCUT2D eigenvalue weighted by molar-refractivity contribution is 6.99. The van der Waals surface area contributed by atoms with E-state index < -0.39 is 14.2 Å². The van der Waals surface area contributed by atoms with Gasteiger partial charge in [0.05, 0.1) is 30.5 Å². The SMILES string of the molecule is CO[C@@H](C)COC(c1ccccc1)C1CCCN(c2nsnc2NC(CC2CCCCC2)CN(CC[Si](C)(C)C)C(=O)O)C1. The largest absolute Gasteiger partial charge is 0.465 e. The molecule has 4 atom stereocenters. The Morgan fingerprint density at radius 2 is 1.89 bits per heavy atom. The van der Waals surface area contributed by atoms with Crippen molar-refractivity contribution in [3.63, 3.8) is 0 Å². The van der Waals surface area contributed by atoms with Gasteiger partial charge in [-0.3, -0.25) is 0 Å². The Bertz CT molecular complexity index is 1130. The Hall–Kier alpha value is -2.21. The third kappa shape index (κ3) is 10.7.